The van der Waals surface area contributed by atoms with Crippen LogP contribution in [0.25, 0.3) is 0 Å². The number of benzene rings is 3. The zero-order valence-corrected chi connectivity index (χ0v) is 20.7. The van der Waals surface area contributed by atoms with E-state index in [2.05, 4.69) is 45.0 Å². The van der Waals surface area contributed by atoms with Gasteiger partial charge < -0.3 is 14.3 Å². The molecule has 0 aromatic heterocycles. The van der Waals surface area contributed by atoms with Gasteiger partial charge in [-0.2, -0.15) is 0 Å². The van der Waals surface area contributed by atoms with Crippen LogP contribution in [0.2, 0.25) is 5.04 Å². The zero-order chi connectivity index (χ0) is 24.3. The van der Waals surface area contributed by atoms with Gasteiger partial charge in [0.2, 0.25) is 0 Å². The van der Waals surface area contributed by atoms with Gasteiger partial charge in [-0.15, -0.1) is 0 Å². The van der Waals surface area contributed by atoms with Crippen LogP contribution in [0.1, 0.15) is 49.2 Å². The lowest BCUT2D eigenvalue weighted by molar-refractivity contribution is -0.124. The van der Waals surface area contributed by atoms with E-state index in [0.29, 0.717) is 5.56 Å². The lowest BCUT2D eigenvalue weighted by Gasteiger charge is -2.43. The maximum absolute atomic E-state index is 12.9. The average molecular weight is 475 g/mol. The van der Waals surface area contributed by atoms with E-state index in [1.807, 2.05) is 36.4 Å². The number of carbonyl (C=O) groups is 2. The van der Waals surface area contributed by atoms with E-state index in [4.69, 9.17) is 9.16 Å². The Morgan fingerprint density at radius 1 is 0.971 bits per heavy atom. The van der Waals surface area contributed by atoms with Crippen molar-refractivity contribution >= 4 is 30.4 Å². The van der Waals surface area contributed by atoms with Gasteiger partial charge in [0.05, 0.1) is 18.3 Å². The molecular weight excluding hydrogens is 444 g/mol. The fourth-order valence-electron chi connectivity index (χ4n) is 4.80. The minimum Gasteiger partial charge on any atom is -0.478 e. The second-order valence-corrected chi connectivity index (χ2v) is 14.0. The van der Waals surface area contributed by atoms with Crippen molar-refractivity contribution in [1.82, 2.24) is 0 Å². The lowest BCUT2D eigenvalue weighted by Crippen LogP contribution is -2.67. The van der Waals surface area contributed by atoms with E-state index >= 15 is 0 Å². The third kappa shape index (κ3) is 4.62. The minimum absolute atomic E-state index is 0.0244. The average Bonchev–Trinajstić information content (AvgIpc) is 3.20. The highest BCUT2D eigenvalue weighted by Crippen LogP contribution is 2.38. The second kappa shape index (κ2) is 9.66. The van der Waals surface area contributed by atoms with E-state index in [0.717, 1.165) is 10.4 Å². The van der Waals surface area contributed by atoms with Crippen molar-refractivity contribution in [2.24, 2.45) is 0 Å². The fraction of sp³-hybridized carbons (Fsp3) is 0.286. The fourth-order valence-corrected chi connectivity index (χ4v) is 9.36. The monoisotopic (exact) mass is 474 g/mol. The van der Waals surface area contributed by atoms with Crippen LogP contribution in [0, 0.1) is 0 Å². The summed E-state index contributed by atoms with van der Waals surface area (Å²) in [5, 5.41) is 11.4. The molecule has 0 aliphatic carbocycles. The molecule has 1 fully saturated rings. The van der Waals surface area contributed by atoms with Crippen LogP contribution in [0.3, 0.4) is 0 Å². The Kier molecular flexibility index (Phi) is 6.84. The van der Waals surface area contributed by atoms with Crippen LogP contribution >= 0.6 is 0 Å². The largest absolute Gasteiger partial charge is 0.478 e. The molecule has 5 nitrogen and oxygen atoms in total. The van der Waals surface area contributed by atoms with Gasteiger partial charge >= 0.3 is 5.97 Å². The van der Waals surface area contributed by atoms with Crippen molar-refractivity contribution in [2.45, 2.75) is 44.4 Å². The van der Waals surface area contributed by atoms with Gasteiger partial charge in [0, 0.05) is 6.42 Å². The summed E-state index contributed by atoms with van der Waals surface area (Å²) in [6, 6.07) is 27.1. The molecule has 0 bridgehead atoms. The first kappa shape index (κ1) is 24.1. The van der Waals surface area contributed by atoms with Gasteiger partial charge in [-0.05, 0) is 33.1 Å². The number of Topliss-reactive ketones (excluding diaryl/α,β-unsaturated/α-hetero) is 1. The third-order valence-corrected chi connectivity index (χ3v) is 11.5. The van der Waals surface area contributed by atoms with Crippen LogP contribution < -0.4 is 10.4 Å². The Labute approximate surface area is 201 Å². The molecule has 1 N–H and O–H groups in total. The number of aromatic carboxylic acids is 1. The summed E-state index contributed by atoms with van der Waals surface area (Å²) in [6.45, 7) is 6.73. The summed E-state index contributed by atoms with van der Waals surface area (Å²) in [5.41, 5.74) is 0.877. The quantitative estimate of drug-likeness (QED) is 0.515. The van der Waals surface area contributed by atoms with Gasteiger partial charge in [-0.3, -0.25) is 4.79 Å². The molecule has 0 radical (unpaired) electrons. The molecule has 1 aliphatic rings. The number of carboxylic acids is 1. The van der Waals surface area contributed by atoms with Gasteiger partial charge in [0.15, 0.2) is 5.78 Å². The predicted octanol–water partition coefficient (Wildman–Crippen LogP) is 4.36. The number of carboxylic acid groups (broad SMARTS) is 1. The van der Waals surface area contributed by atoms with Crippen molar-refractivity contribution in [1.29, 1.82) is 0 Å². The molecular formula is C28H30O5Si. The van der Waals surface area contributed by atoms with Gasteiger partial charge in [0.1, 0.15) is 6.10 Å². The molecule has 1 aliphatic heterocycles. The van der Waals surface area contributed by atoms with E-state index in [1.54, 1.807) is 18.2 Å². The van der Waals surface area contributed by atoms with E-state index in [-0.39, 0.29) is 29.4 Å². The number of rotatable bonds is 7. The zero-order valence-electron chi connectivity index (χ0n) is 19.7. The molecule has 6 heteroatoms. The molecule has 1 heterocycles. The van der Waals surface area contributed by atoms with Crippen LogP contribution in [0.4, 0.5) is 0 Å². The SMILES string of the molecule is CC(C)(C)[Si](OC[C@H]1O[C@@H](c2cccc(C(=O)O)c2)CC1=O)(c1ccccc1)c1ccccc1. The number of ether oxygens (including phenoxy) is 1. The normalized spacial score (nSPS) is 18.7. The number of ketones is 1. The Morgan fingerprint density at radius 2 is 1.56 bits per heavy atom. The van der Waals surface area contributed by atoms with Crippen molar-refractivity contribution in [3.05, 3.63) is 96.1 Å². The highest BCUT2D eigenvalue weighted by Gasteiger charge is 2.51. The van der Waals surface area contributed by atoms with E-state index in [9.17, 15) is 14.7 Å². The Morgan fingerprint density at radius 3 is 2.09 bits per heavy atom. The molecule has 0 unspecified atom stereocenters. The van der Waals surface area contributed by atoms with E-state index < -0.39 is 26.5 Å². The maximum atomic E-state index is 12.9. The highest BCUT2D eigenvalue weighted by molar-refractivity contribution is 6.99. The Bertz CT molecular complexity index is 1110. The lowest BCUT2D eigenvalue weighted by atomic mass is 10.0. The molecule has 1 saturated heterocycles. The van der Waals surface area contributed by atoms with Crippen molar-refractivity contribution < 1.29 is 23.9 Å². The van der Waals surface area contributed by atoms with Crippen LogP contribution in [-0.4, -0.2) is 37.9 Å². The molecule has 2 atom stereocenters. The van der Waals surface area contributed by atoms with Gasteiger partial charge in [-0.1, -0.05) is 93.6 Å². The maximum Gasteiger partial charge on any atom is 0.335 e. The van der Waals surface area contributed by atoms with Crippen LogP contribution in [0.5, 0.6) is 0 Å². The molecule has 34 heavy (non-hydrogen) atoms. The molecule has 0 amide bonds. The predicted molar refractivity (Wildman–Crippen MR) is 134 cm³/mol. The molecule has 4 rings (SSSR count). The standard InChI is InChI=1S/C28H30O5Si/c1-28(2,3)34(22-13-6-4-7-14-22,23-15-8-5-9-16-23)32-19-26-24(29)18-25(33-26)20-11-10-12-21(17-20)27(30)31/h4-17,25-26H,18-19H2,1-3H3,(H,30,31)/t25-,26-/m1/s1. The molecule has 0 spiro atoms. The first-order valence-electron chi connectivity index (χ1n) is 11.5. The summed E-state index contributed by atoms with van der Waals surface area (Å²) in [7, 11) is -2.78. The summed E-state index contributed by atoms with van der Waals surface area (Å²) in [4.78, 5) is 24.3. The smallest absolute Gasteiger partial charge is 0.335 e. The Hall–Kier alpha value is -3.06. The molecule has 0 saturated carbocycles. The first-order chi connectivity index (χ1) is 16.2. The third-order valence-electron chi connectivity index (χ3n) is 6.45. The summed E-state index contributed by atoms with van der Waals surface area (Å²) in [5.74, 6) is -1.03. The first-order valence-corrected chi connectivity index (χ1v) is 13.4. The van der Waals surface area contributed by atoms with Crippen LogP contribution in [-0.2, 0) is 14.0 Å². The number of hydrogen-bond donors (Lipinski definition) is 1. The second-order valence-electron chi connectivity index (χ2n) is 9.69. The molecule has 176 valence electrons. The minimum atomic E-state index is -2.78. The molecule has 3 aromatic carbocycles. The summed E-state index contributed by atoms with van der Waals surface area (Å²) >= 11 is 0. The molecule has 3 aromatic rings. The topological polar surface area (TPSA) is 72.8 Å². The van der Waals surface area contributed by atoms with Gasteiger partial charge in [0.25, 0.3) is 8.32 Å². The van der Waals surface area contributed by atoms with Crippen molar-refractivity contribution in [2.75, 3.05) is 6.61 Å². The van der Waals surface area contributed by atoms with Crippen LogP contribution in [0.15, 0.2) is 84.9 Å². The van der Waals surface area contributed by atoms with Crippen molar-refractivity contribution in [3.8, 4) is 0 Å². The van der Waals surface area contributed by atoms with Crippen molar-refractivity contribution in [3.63, 3.8) is 0 Å². The van der Waals surface area contributed by atoms with Gasteiger partial charge in [-0.25, -0.2) is 4.79 Å². The highest BCUT2D eigenvalue weighted by atomic mass is 28.4. The number of carbonyl (C=O) groups excluding carboxylic acids is 1. The summed E-state index contributed by atoms with van der Waals surface area (Å²) < 4.78 is 13.0. The number of hydrogen-bond acceptors (Lipinski definition) is 4. The Balaban J connectivity index is 1.63. The van der Waals surface area contributed by atoms with E-state index in [1.165, 1.54) is 6.07 Å². The summed E-state index contributed by atoms with van der Waals surface area (Å²) in [6.07, 6.45) is -0.961.